The zero-order chi connectivity index (χ0) is 24.4. The monoisotopic (exact) mass is 474 g/mol. The minimum atomic E-state index is -0.314. The number of fused-ring (bicyclic) bond motifs is 1. The number of nitrogens with zero attached hydrogens (tertiary/aromatic N) is 4. The van der Waals surface area contributed by atoms with Crippen molar-refractivity contribution in [1.29, 1.82) is 0 Å². The molecule has 35 heavy (non-hydrogen) atoms. The zero-order valence-electron chi connectivity index (χ0n) is 20.1. The van der Waals surface area contributed by atoms with Gasteiger partial charge < -0.3 is 24.4 Å². The summed E-state index contributed by atoms with van der Waals surface area (Å²) >= 11 is 0. The Bertz CT molecular complexity index is 1160. The van der Waals surface area contributed by atoms with Crippen molar-refractivity contribution in [3.63, 3.8) is 0 Å². The number of carbonyl (C=O) groups excluding carboxylic acids is 1. The molecule has 0 unspecified atom stereocenters. The third-order valence-corrected chi connectivity index (χ3v) is 6.71. The number of likely N-dealkylation sites (tertiary alicyclic amines) is 1. The van der Waals surface area contributed by atoms with E-state index in [4.69, 9.17) is 9.47 Å². The summed E-state index contributed by atoms with van der Waals surface area (Å²) in [6.07, 6.45) is 0.323. The van der Waals surface area contributed by atoms with E-state index in [-0.39, 0.29) is 30.6 Å². The van der Waals surface area contributed by atoms with E-state index in [0.29, 0.717) is 37.5 Å². The van der Waals surface area contributed by atoms with Crippen molar-refractivity contribution in [3.8, 4) is 17.0 Å². The zero-order valence-corrected chi connectivity index (χ0v) is 20.1. The molecule has 0 saturated carbocycles. The molecule has 2 fully saturated rings. The lowest BCUT2D eigenvalue weighted by Gasteiger charge is -2.46. The molecule has 8 nitrogen and oxygen atoms in total. The first-order chi connectivity index (χ1) is 17.0. The van der Waals surface area contributed by atoms with Crippen LogP contribution >= 0.6 is 0 Å². The molecule has 2 aliphatic rings. The largest absolute Gasteiger partial charge is 0.507 e. The van der Waals surface area contributed by atoms with Crippen LogP contribution in [0.3, 0.4) is 0 Å². The molecule has 182 valence electrons. The number of hydrogen-bond donors (Lipinski definition) is 1. The number of morpholine rings is 1. The van der Waals surface area contributed by atoms with Gasteiger partial charge in [0.15, 0.2) is 5.82 Å². The number of ether oxygens (including phenoxy) is 2. The Kier molecular flexibility index (Phi) is 6.55. The van der Waals surface area contributed by atoms with Gasteiger partial charge in [-0.3, -0.25) is 0 Å². The van der Waals surface area contributed by atoms with Gasteiger partial charge in [0.25, 0.3) is 0 Å². The van der Waals surface area contributed by atoms with E-state index in [1.54, 1.807) is 11.0 Å². The SMILES string of the molecule is Cc1cc(C)c(-c2ccc(N3CCO[C@H]4CN(C(=O)OCc5ccccc5)CC[C@H]43)nn2)c(O)c1. The smallest absolute Gasteiger partial charge is 0.410 e. The fourth-order valence-corrected chi connectivity index (χ4v) is 5.04. The Morgan fingerprint density at radius 3 is 2.69 bits per heavy atom. The molecular formula is C27H30N4O4. The number of hydrogen-bond acceptors (Lipinski definition) is 7. The van der Waals surface area contributed by atoms with Crippen molar-refractivity contribution >= 4 is 11.9 Å². The van der Waals surface area contributed by atoms with E-state index >= 15 is 0 Å². The first kappa shape index (κ1) is 23.1. The highest BCUT2D eigenvalue weighted by molar-refractivity contribution is 5.71. The fourth-order valence-electron chi connectivity index (χ4n) is 5.04. The third-order valence-electron chi connectivity index (χ3n) is 6.71. The van der Waals surface area contributed by atoms with Gasteiger partial charge in [-0.15, -0.1) is 10.2 Å². The average molecular weight is 475 g/mol. The van der Waals surface area contributed by atoms with Gasteiger partial charge in [0.1, 0.15) is 12.4 Å². The number of amides is 1. The highest BCUT2D eigenvalue weighted by Gasteiger charge is 2.39. The number of benzene rings is 2. The second kappa shape index (κ2) is 9.92. The summed E-state index contributed by atoms with van der Waals surface area (Å²) in [6, 6.07) is 17.4. The number of rotatable bonds is 4. The first-order valence-electron chi connectivity index (χ1n) is 12.0. The summed E-state index contributed by atoms with van der Waals surface area (Å²) in [5, 5.41) is 19.4. The van der Waals surface area contributed by atoms with Crippen LogP contribution < -0.4 is 4.90 Å². The molecule has 1 aromatic heterocycles. The van der Waals surface area contributed by atoms with Gasteiger partial charge in [0.05, 0.1) is 31.0 Å². The van der Waals surface area contributed by atoms with Crippen molar-refractivity contribution in [2.75, 3.05) is 31.1 Å². The van der Waals surface area contributed by atoms with E-state index in [9.17, 15) is 9.90 Å². The third kappa shape index (κ3) is 4.93. The van der Waals surface area contributed by atoms with Gasteiger partial charge in [-0.1, -0.05) is 36.4 Å². The van der Waals surface area contributed by atoms with Crippen LogP contribution in [0.4, 0.5) is 10.6 Å². The van der Waals surface area contributed by atoms with Gasteiger partial charge in [-0.05, 0) is 55.2 Å². The maximum atomic E-state index is 12.6. The van der Waals surface area contributed by atoms with E-state index < -0.39 is 0 Å². The van der Waals surface area contributed by atoms with Crippen LogP contribution in [0.15, 0.2) is 54.6 Å². The Morgan fingerprint density at radius 2 is 1.94 bits per heavy atom. The molecule has 2 aliphatic heterocycles. The first-order valence-corrected chi connectivity index (χ1v) is 12.0. The number of phenols is 1. The van der Waals surface area contributed by atoms with Crippen LogP contribution in [-0.2, 0) is 16.1 Å². The number of phenolic OH excluding ortho intramolecular Hbond substituents is 1. The van der Waals surface area contributed by atoms with Crippen LogP contribution in [0, 0.1) is 13.8 Å². The number of carbonyl (C=O) groups is 1. The Hall–Kier alpha value is -3.65. The fraction of sp³-hybridized carbons (Fsp3) is 0.370. The molecule has 2 saturated heterocycles. The number of piperidine rings is 1. The number of anilines is 1. The maximum absolute atomic E-state index is 12.6. The second-order valence-corrected chi connectivity index (χ2v) is 9.20. The highest BCUT2D eigenvalue weighted by Crippen LogP contribution is 2.33. The molecule has 5 rings (SSSR count). The van der Waals surface area contributed by atoms with E-state index in [1.807, 2.05) is 62.4 Å². The summed E-state index contributed by atoms with van der Waals surface area (Å²) < 4.78 is 11.6. The van der Waals surface area contributed by atoms with Gasteiger partial charge in [-0.25, -0.2) is 4.79 Å². The predicted molar refractivity (Wildman–Crippen MR) is 132 cm³/mol. The molecule has 2 aromatic carbocycles. The highest BCUT2D eigenvalue weighted by atomic mass is 16.6. The van der Waals surface area contributed by atoms with E-state index in [2.05, 4.69) is 15.1 Å². The molecule has 8 heteroatoms. The normalized spacial score (nSPS) is 19.8. The van der Waals surface area contributed by atoms with Crippen LogP contribution in [-0.4, -0.2) is 64.7 Å². The average Bonchev–Trinajstić information content (AvgIpc) is 2.87. The Morgan fingerprint density at radius 1 is 1.11 bits per heavy atom. The summed E-state index contributed by atoms with van der Waals surface area (Å²) in [6.45, 7) is 6.51. The Labute approximate surface area is 205 Å². The molecule has 0 spiro atoms. The van der Waals surface area contributed by atoms with Gasteiger partial charge in [0, 0.05) is 18.7 Å². The van der Waals surface area contributed by atoms with Crippen molar-refractivity contribution in [3.05, 3.63) is 71.3 Å². The van der Waals surface area contributed by atoms with Crippen molar-refractivity contribution in [1.82, 2.24) is 15.1 Å². The lowest BCUT2D eigenvalue weighted by molar-refractivity contribution is -0.0336. The van der Waals surface area contributed by atoms with Gasteiger partial charge >= 0.3 is 6.09 Å². The molecule has 0 bridgehead atoms. The van der Waals surface area contributed by atoms with Gasteiger partial charge in [0.2, 0.25) is 0 Å². The predicted octanol–water partition coefficient (Wildman–Crippen LogP) is 4.08. The molecule has 0 radical (unpaired) electrons. The lowest BCUT2D eigenvalue weighted by Crippen LogP contribution is -2.60. The van der Waals surface area contributed by atoms with Crippen molar-refractivity contribution in [2.45, 2.75) is 39.0 Å². The van der Waals surface area contributed by atoms with Crippen LogP contribution in [0.1, 0.15) is 23.1 Å². The molecule has 1 N–H and O–H groups in total. The van der Waals surface area contributed by atoms with E-state index in [0.717, 1.165) is 28.9 Å². The summed E-state index contributed by atoms with van der Waals surface area (Å²) in [7, 11) is 0. The van der Waals surface area contributed by atoms with Crippen LogP contribution in [0.25, 0.3) is 11.3 Å². The van der Waals surface area contributed by atoms with Crippen molar-refractivity contribution in [2.24, 2.45) is 0 Å². The molecule has 0 aliphatic carbocycles. The minimum Gasteiger partial charge on any atom is -0.507 e. The molecule has 2 atom stereocenters. The van der Waals surface area contributed by atoms with Crippen LogP contribution in [0.2, 0.25) is 0 Å². The lowest BCUT2D eigenvalue weighted by atomic mass is 9.98. The van der Waals surface area contributed by atoms with Gasteiger partial charge in [-0.2, -0.15) is 0 Å². The summed E-state index contributed by atoms with van der Waals surface area (Å²) in [4.78, 5) is 16.6. The number of aryl methyl sites for hydroxylation is 2. The summed E-state index contributed by atoms with van der Waals surface area (Å²) in [5.74, 6) is 0.985. The molecule has 1 amide bonds. The second-order valence-electron chi connectivity index (χ2n) is 9.20. The van der Waals surface area contributed by atoms with E-state index in [1.165, 1.54) is 0 Å². The maximum Gasteiger partial charge on any atom is 0.410 e. The Balaban J connectivity index is 1.25. The standard InChI is InChI=1S/C27H30N4O4/c1-18-14-19(2)26(23(32)15-18)21-8-9-25(29-28-21)31-12-13-34-24-16-30(11-10-22(24)31)27(33)35-17-20-6-4-3-5-7-20/h3-9,14-15,22,24,32H,10-13,16-17H2,1-2H3/t22-,24+/m1/s1. The summed E-state index contributed by atoms with van der Waals surface area (Å²) in [5.41, 5.74) is 4.28. The topological polar surface area (TPSA) is 88.0 Å². The molecule has 3 heterocycles. The van der Waals surface area contributed by atoms with Crippen LogP contribution in [0.5, 0.6) is 5.75 Å². The minimum absolute atomic E-state index is 0.108. The molecule has 3 aromatic rings. The molecular weight excluding hydrogens is 444 g/mol. The van der Waals surface area contributed by atoms with Crippen molar-refractivity contribution < 1.29 is 19.4 Å². The number of aromatic nitrogens is 2. The quantitative estimate of drug-likeness (QED) is 0.610. The number of aromatic hydroxyl groups is 1.